The lowest BCUT2D eigenvalue weighted by atomic mass is 9.98. The minimum absolute atomic E-state index is 0.679. The molecule has 0 spiro atoms. The van der Waals surface area contributed by atoms with Crippen molar-refractivity contribution >= 4 is 10.9 Å². The van der Waals surface area contributed by atoms with E-state index in [1.807, 2.05) is 18.5 Å². The molecule has 0 bridgehead atoms. The summed E-state index contributed by atoms with van der Waals surface area (Å²) < 4.78 is 7.98. The summed E-state index contributed by atoms with van der Waals surface area (Å²) >= 11 is 0. The molecule has 0 saturated carbocycles. The summed E-state index contributed by atoms with van der Waals surface area (Å²) in [6.45, 7) is 3.42. The Labute approximate surface area is 184 Å². The predicted octanol–water partition coefficient (Wildman–Crippen LogP) is 5.72. The second-order valence-corrected chi connectivity index (χ2v) is 8.68. The number of hydrogen-bond acceptors (Lipinski definition) is 3. The summed E-state index contributed by atoms with van der Waals surface area (Å²) in [5, 5.41) is 1.22. The van der Waals surface area contributed by atoms with E-state index in [2.05, 4.69) is 76.2 Å². The van der Waals surface area contributed by atoms with Crippen LogP contribution < -0.4 is 4.74 Å². The standard InChI is InChI=1S/C27H29N3O/c1-29-12-6-7-20(17-29)18-30-19-26(25-14-24(31-2)10-11-27(25)30)23-13-22(15-28-16-23)21-8-4-3-5-9-21/h3-5,8-11,13-16,19-20H,6-7,12,17-18H2,1-2H3. The van der Waals surface area contributed by atoms with Crippen LogP contribution >= 0.6 is 0 Å². The zero-order valence-corrected chi connectivity index (χ0v) is 18.3. The highest BCUT2D eigenvalue weighted by atomic mass is 16.5. The molecule has 1 atom stereocenters. The second-order valence-electron chi connectivity index (χ2n) is 8.68. The Morgan fingerprint density at radius 2 is 1.84 bits per heavy atom. The molecule has 158 valence electrons. The van der Waals surface area contributed by atoms with Gasteiger partial charge in [-0.15, -0.1) is 0 Å². The maximum atomic E-state index is 5.55. The van der Waals surface area contributed by atoms with E-state index in [4.69, 9.17) is 4.74 Å². The number of piperidine rings is 1. The molecule has 2 aromatic heterocycles. The first-order valence-electron chi connectivity index (χ1n) is 11.1. The van der Waals surface area contributed by atoms with Crippen LogP contribution in [0.3, 0.4) is 0 Å². The number of ether oxygens (including phenoxy) is 1. The number of aromatic nitrogens is 2. The van der Waals surface area contributed by atoms with Crippen molar-refractivity contribution in [3.05, 3.63) is 73.2 Å². The number of benzene rings is 2. The number of likely N-dealkylation sites (tertiary alicyclic amines) is 1. The highest BCUT2D eigenvalue weighted by molar-refractivity contribution is 5.97. The smallest absolute Gasteiger partial charge is 0.119 e. The van der Waals surface area contributed by atoms with Crippen LogP contribution in [0.4, 0.5) is 0 Å². The molecule has 1 fully saturated rings. The van der Waals surface area contributed by atoms with E-state index in [0.29, 0.717) is 5.92 Å². The molecule has 1 aliphatic rings. The average Bonchev–Trinajstić information content (AvgIpc) is 3.17. The maximum Gasteiger partial charge on any atom is 0.119 e. The fourth-order valence-electron chi connectivity index (χ4n) is 4.86. The first-order valence-corrected chi connectivity index (χ1v) is 11.1. The van der Waals surface area contributed by atoms with Gasteiger partial charge in [0.2, 0.25) is 0 Å². The van der Waals surface area contributed by atoms with E-state index in [0.717, 1.165) is 30.0 Å². The lowest BCUT2D eigenvalue weighted by molar-refractivity contribution is 0.196. The summed E-state index contributed by atoms with van der Waals surface area (Å²) in [5.74, 6) is 1.56. The van der Waals surface area contributed by atoms with Crippen molar-refractivity contribution in [1.82, 2.24) is 14.5 Å². The second kappa shape index (κ2) is 8.56. The monoisotopic (exact) mass is 411 g/mol. The molecule has 4 aromatic rings. The highest BCUT2D eigenvalue weighted by Crippen LogP contribution is 2.35. The number of methoxy groups -OCH3 is 1. The Hall–Kier alpha value is -3.11. The molecule has 1 saturated heterocycles. The van der Waals surface area contributed by atoms with Crippen LogP contribution in [0.15, 0.2) is 73.2 Å². The van der Waals surface area contributed by atoms with Crippen molar-refractivity contribution in [1.29, 1.82) is 0 Å². The average molecular weight is 412 g/mol. The summed E-state index contributed by atoms with van der Waals surface area (Å²) in [6, 6.07) is 19.1. The molecule has 0 N–H and O–H groups in total. The SMILES string of the molecule is COc1ccc2c(c1)c(-c1cncc(-c3ccccc3)c1)cn2CC1CCCN(C)C1. The third kappa shape index (κ3) is 4.08. The van der Waals surface area contributed by atoms with Crippen LogP contribution in [0.1, 0.15) is 12.8 Å². The van der Waals surface area contributed by atoms with E-state index >= 15 is 0 Å². The third-order valence-corrected chi connectivity index (χ3v) is 6.42. The van der Waals surface area contributed by atoms with Crippen molar-refractivity contribution in [2.24, 2.45) is 5.92 Å². The van der Waals surface area contributed by atoms with Crippen molar-refractivity contribution in [2.45, 2.75) is 19.4 Å². The zero-order valence-electron chi connectivity index (χ0n) is 18.3. The van der Waals surface area contributed by atoms with E-state index < -0.39 is 0 Å². The predicted molar refractivity (Wildman–Crippen MR) is 127 cm³/mol. The maximum absolute atomic E-state index is 5.55. The van der Waals surface area contributed by atoms with Crippen molar-refractivity contribution < 1.29 is 4.74 Å². The topological polar surface area (TPSA) is 30.3 Å². The van der Waals surface area contributed by atoms with Crippen molar-refractivity contribution in [2.75, 3.05) is 27.2 Å². The first kappa shape index (κ1) is 19.8. The Morgan fingerprint density at radius 1 is 1.00 bits per heavy atom. The molecule has 3 heterocycles. The molecule has 0 aliphatic carbocycles. The fraction of sp³-hybridized carbons (Fsp3) is 0.296. The van der Waals surface area contributed by atoms with Gasteiger partial charge in [0.15, 0.2) is 0 Å². The number of hydrogen-bond donors (Lipinski definition) is 0. The Kier molecular flexibility index (Phi) is 5.47. The normalized spacial score (nSPS) is 17.2. The summed E-state index contributed by atoms with van der Waals surface area (Å²) in [5.41, 5.74) is 5.93. The van der Waals surface area contributed by atoms with Gasteiger partial charge < -0.3 is 14.2 Å². The molecule has 31 heavy (non-hydrogen) atoms. The summed E-state index contributed by atoms with van der Waals surface area (Å²) in [7, 11) is 3.96. The van der Waals surface area contributed by atoms with Crippen LogP contribution in [0.5, 0.6) is 5.75 Å². The first-order chi connectivity index (χ1) is 15.2. The number of rotatable bonds is 5. The van der Waals surface area contributed by atoms with Crippen LogP contribution in [-0.4, -0.2) is 41.7 Å². The molecule has 1 aliphatic heterocycles. The molecular weight excluding hydrogens is 382 g/mol. The lowest BCUT2D eigenvalue weighted by Gasteiger charge is -2.30. The van der Waals surface area contributed by atoms with Gasteiger partial charge >= 0.3 is 0 Å². The molecule has 2 aromatic carbocycles. The van der Waals surface area contributed by atoms with E-state index in [-0.39, 0.29) is 0 Å². The fourth-order valence-corrected chi connectivity index (χ4v) is 4.86. The summed E-state index contributed by atoms with van der Waals surface area (Å²) in [6.07, 6.45) is 8.80. The molecule has 1 unspecified atom stereocenters. The lowest BCUT2D eigenvalue weighted by Crippen LogP contribution is -2.33. The Balaban J connectivity index is 1.58. The quantitative estimate of drug-likeness (QED) is 0.421. The molecule has 5 rings (SSSR count). The van der Waals surface area contributed by atoms with Crippen molar-refractivity contribution in [3.8, 4) is 28.0 Å². The van der Waals surface area contributed by atoms with Crippen LogP contribution in [0.25, 0.3) is 33.2 Å². The van der Waals surface area contributed by atoms with Gasteiger partial charge in [-0.25, -0.2) is 0 Å². The number of pyridine rings is 1. The molecule has 4 heteroatoms. The van der Waals surface area contributed by atoms with Gasteiger partial charge in [-0.3, -0.25) is 4.98 Å². The van der Waals surface area contributed by atoms with Crippen molar-refractivity contribution in [3.63, 3.8) is 0 Å². The van der Waals surface area contributed by atoms with Crippen LogP contribution in [0.2, 0.25) is 0 Å². The third-order valence-electron chi connectivity index (χ3n) is 6.42. The van der Waals surface area contributed by atoms with Gasteiger partial charge in [-0.05, 0) is 62.2 Å². The Bertz CT molecular complexity index is 1180. The number of fused-ring (bicyclic) bond motifs is 1. The van der Waals surface area contributed by atoms with Gasteiger partial charge in [0.25, 0.3) is 0 Å². The van der Waals surface area contributed by atoms with Crippen LogP contribution in [0, 0.1) is 5.92 Å². The van der Waals surface area contributed by atoms with Crippen LogP contribution in [-0.2, 0) is 6.54 Å². The Morgan fingerprint density at radius 3 is 2.65 bits per heavy atom. The molecule has 0 radical (unpaired) electrons. The van der Waals surface area contributed by atoms with Gasteiger partial charge in [0, 0.05) is 59.3 Å². The van der Waals surface area contributed by atoms with Gasteiger partial charge in [0.1, 0.15) is 5.75 Å². The summed E-state index contributed by atoms with van der Waals surface area (Å²) in [4.78, 5) is 7.03. The van der Waals surface area contributed by atoms with E-state index in [1.165, 1.54) is 41.4 Å². The minimum atomic E-state index is 0.679. The van der Waals surface area contributed by atoms with E-state index in [1.54, 1.807) is 7.11 Å². The molecule has 4 nitrogen and oxygen atoms in total. The van der Waals surface area contributed by atoms with Gasteiger partial charge in [-0.1, -0.05) is 30.3 Å². The minimum Gasteiger partial charge on any atom is -0.497 e. The molecular formula is C27H29N3O. The van der Waals surface area contributed by atoms with Gasteiger partial charge in [0.05, 0.1) is 7.11 Å². The molecule has 0 amide bonds. The highest BCUT2D eigenvalue weighted by Gasteiger charge is 2.20. The zero-order chi connectivity index (χ0) is 21.2. The van der Waals surface area contributed by atoms with Gasteiger partial charge in [-0.2, -0.15) is 0 Å². The van der Waals surface area contributed by atoms with E-state index in [9.17, 15) is 0 Å². The number of nitrogens with zero attached hydrogens (tertiary/aromatic N) is 3. The largest absolute Gasteiger partial charge is 0.497 e.